The third kappa shape index (κ3) is 2.90. The fourth-order valence-corrected chi connectivity index (χ4v) is 1.84. The largest absolute Gasteiger partial charge is 0.490 e. The molecule has 0 amide bonds. The zero-order chi connectivity index (χ0) is 12.5. The highest BCUT2D eigenvalue weighted by Gasteiger charge is 2.14. The molecule has 90 valence electrons. The molecule has 0 aromatic heterocycles. The van der Waals surface area contributed by atoms with Gasteiger partial charge in [-0.25, -0.2) is 0 Å². The van der Waals surface area contributed by atoms with Crippen LogP contribution in [0.4, 0.5) is 0 Å². The summed E-state index contributed by atoms with van der Waals surface area (Å²) in [6, 6.07) is 11.4. The van der Waals surface area contributed by atoms with Gasteiger partial charge in [-0.2, -0.15) is 0 Å². The van der Waals surface area contributed by atoms with Gasteiger partial charge < -0.3 is 9.84 Å². The van der Waals surface area contributed by atoms with Gasteiger partial charge in [0, 0.05) is 15.8 Å². The molecule has 0 aliphatic rings. The minimum atomic E-state index is -0.846. The minimum absolute atomic E-state index is 0.249. The highest BCUT2D eigenvalue weighted by molar-refractivity contribution is 6.35. The van der Waals surface area contributed by atoms with Crippen molar-refractivity contribution in [2.45, 2.75) is 19.4 Å². The molecule has 0 heterocycles. The molecule has 0 saturated heterocycles. The Morgan fingerprint density at radius 3 is 2.41 bits per heavy atom. The maximum Gasteiger partial charge on any atom is 0.127 e. The quantitative estimate of drug-likeness (QED) is 0.901. The molecule has 0 spiro atoms. The summed E-state index contributed by atoms with van der Waals surface area (Å²) < 4.78 is 5.63. The molecule has 3 heteroatoms. The first-order valence-electron chi connectivity index (χ1n) is 5.50. The number of aliphatic hydroxyl groups is 1. The molecule has 0 radical (unpaired) electrons. The SMILES string of the molecule is CC(C)(O)COc1ccc(Cl)c2ccccc12. The lowest BCUT2D eigenvalue weighted by Gasteiger charge is -2.18. The first kappa shape index (κ1) is 12.2. The van der Waals surface area contributed by atoms with Crippen molar-refractivity contribution >= 4 is 22.4 Å². The molecule has 2 aromatic carbocycles. The topological polar surface area (TPSA) is 29.5 Å². The lowest BCUT2D eigenvalue weighted by Crippen LogP contribution is -2.27. The molecular weight excluding hydrogens is 236 g/mol. The van der Waals surface area contributed by atoms with E-state index in [4.69, 9.17) is 16.3 Å². The fourth-order valence-electron chi connectivity index (χ4n) is 1.61. The predicted molar refractivity (Wildman–Crippen MR) is 70.8 cm³/mol. The number of halogens is 1. The van der Waals surface area contributed by atoms with Crippen LogP contribution in [-0.4, -0.2) is 17.3 Å². The molecule has 1 N–H and O–H groups in total. The summed E-state index contributed by atoms with van der Waals surface area (Å²) in [6.45, 7) is 3.68. The van der Waals surface area contributed by atoms with E-state index in [0.717, 1.165) is 16.5 Å². The molecule has 0 unspecified atom stereocenters. The average molecular weight is 251 g/mol. The first-order valence-corrected chi connectivity index (χ1v) is 5.87. The number of hydrogen-bond acceptors (Lipinski definition) is 2. The van der Waals surface area contributed by atoms with Crippen LogP contribution in [0.15, 0.2) is 36.4 Å². The van der Waals surface area contributed by atoms with Crippen LogP contribution in [0.5, 0.6) is 5.75 Å². The Kier molecular flexibility index (Phi) is 3.27. The van der Waals surface area contributed by atoms with Gasteiger partial charge in [-0.3, -0.25) is 0 Å². The van der Waals surface area contributed by atoms with Crippen molar-refractivity contribution in [1.29, 1.82) is 0 Å². The molecule has 2 aromatic rings. The summed E-state index contributed by atoms with van der Waals surface area (Å²) in [7, 11) is 0. The van der Waals surface area contributed by atoms with Gasteiger partial charge in [-0.1, -0.05) is 35.9 Å². The summed E-state index contributed by atoms with van der Waals surface area (Å²) >= 11 is 6.11. The van der Waals surface area contributed by atoms with Crippen LogP contribution in [0, 0.1) is 0 Å². The van der Waals surface area contributed by atoms with Gasteiger partial charge >= 0.3 is 0 Å². The molecule has 0 saturated carbocycles. The highest BCUT2D eigenvalue weighted by Crippen LogP contribution is 2.31. The molecule has 0 atom stereocenters. The highest BCUT2D eigenvalue weighted by atomic mass is 35.5. The third-order valence-corrected chi connectivity index (χ3v) is 2.74. The van der Waals surface area contributed by atoms with Gasteiger partial charge in [-0.05, 0) is 26.0 Å². The average Bonchev–Trinajstić information content (AvgIpc) is 2.27. The standard InChI is InChI=1S/C14H15ClO2/c1-14(2,16)9-17-13-8-7-12(15)10-5-3-4-6-11(10)13/h3-8,16H,9H2,1-2H3. The van der Waals surface area contributed by atoms with Gasteiger partial charge in [0.1, 0.15) is 12.4 Å². The number of ether oxygens (including phenoxy) is 1. The van der Waals surface area contributed by atoms with Crippen molar-refractivity contribution in [3.8, 4) is 5.75 Å². The number of benzene rings is 2. The first-order chi connectivity index (χ1) is 7.97. The summed E-state index contributed by atoms with van der Waals surface area (Å²) in [5.41, 5.74) is -0.846. The number of fused-ring (bicyclic) bond motifs is 1. The van der Waals surface area contributed by atoms with E-state index < -0.39 is 5.60 Å². The molecule has 0 aliphatic heterocycles. The van der Waals surface area contributed by atoms with Crippen molar-refractivity contribution in [3.05, 3.63) is 41.4 Å². The Bertz CT molecular complexity index is 529. The lowest BCUT2D eigenvalue weighted by molar-refractivity contribution is 0.0290. The van der Waals surface area contributed by atoms with Crippen molar-refractivity contribution in [1.82, 2.24) is 0 Å². The summed E-state index contributed by atoms with van der Waals surface area (Å²) in [6.07, 6.45) is 0. The Morgan fingerprint density at radius 2 is 1.76 bits per heavy atom. The van der Waals surface area contributed by atoms with E-state index >= 15 is 0 Å². The lowest BCUT2D eigenvalue weighted by atomic mass is 10.1. The van der Waals surface area contributed by atoms with Gasteiger partial charge in [-0.15, -0.1) is 0 Å². The molecular formula is C14H15ClO2. The second-order valence-corrected chi connectivity index (χ2v) is 5.10. The maximum atomic E-state index is 9.65. The maximum absolute atomic E-state index is 9.65. The van der Waals surface area contributed by atoms with Crippen LogP contribution >= 0.6 is 11.6 Å². The van der Waals surface area contributed by atoms with Gasteiger partial charge in [0.25, 0.3) is 0 Å². The van der Waals surface area contributed by atoms with Gasteiger partial charge in [0.15, 0.2) is 0 Å². The Balaban J connectivity index is 2.38. The summed E-state index contributed by atoms with van der Waals surface area (Å²) in [5, 5.41) is 12.3. The molecule has 0 aliphatic carbocycles. The predicted octanol–water partition coefficient (Wildman–Crippen LogP) is 3.64. The van der Waals surface area contributed by atoms with Gasteiger partial charge in [0.2, 0.25) is 0 Å². The second kappa shape index (κ2) is 4.55. The zero-order valence-corrected chi connectivity index (χ0v) is 10.7. The smallest absolute Gasteiger partial charge is 0.127 e. The summed E-state index contributed by atoms with van der Waals surface area (Å²) in [5.74, 6) is 0.743. The van der Waals surface area contributed by atoms with Crippen LogP contribution in [0.1, 0.15) is 13.8 Å². The number of hydrogen-bond donors (Lipinski definition) is 1. The second-order valence-electron chi connectivity index (χ2n) is 4.69. The van der Waals surface area contributed by atoms with Crippen LogP contribution in [0.2, 0.25) is 5.02 Å². The van der Waals surface area contributed by atoms with Crippen molar-refractivity contribution < 1.29 is 9.84 Å². The Morgan fingerprint density at radius 1 is 1.12 bits per heavy atom. The summed E-state index contributed by atoms with van der Waals surface area (Å²) in [4.78, 5) is 0. The Hall–Kier alpha value is -1.25. The van der Waals surface area contributed by atoms with E-state index in [1.54, 1.807) is 13.8 Å². The normalized spacial score (nSPS) is 11.8. The molecule has 0 fully saturated rings. The molecule has 2 rings (SSSR count). The van der Waals surface area contributed by atoms with E-state index in [1.807, 2.05) is 36.4 Å². The van der Waals surface area contributed by atoms with Crippen LogP contribution in [-0.2, 0) is 0 Å². The molecule has 0 bridgehead atoms. The van der Waals surface area contributed by atoms with Crippen LogP contribution < -0.4 is 4.74 Å². The van der Waals surface area contributed by atoms with E-state index in [9.17, 15) is 5.11 Å². The third-order valence-electron chi connectivity index (χ3n) is 2.41. The Labute approximate surface area is 106 Å². The monoisotopic (exact) mass is 250 g/mol. The van der Waals surface area contributed by atoms with Crippen molar-refractivity contribution in [2.75, 3.05) is 6.61 Å². The number of rotatable bonds is 3. The zero-order valence-electron chi connectivity index (χ0n) is 9.90. The van der Waals surface area contributed by atoms with Gasteiger partial charge in [0.05, 0.1) is 5.60 Å². The fraction of sp³-hybridized carbons (Fsp3) is 0.286. The molecule has 2 nitrogen and oxygen atoms in total. The van der Waals surface area contributed by atoms with E-state index in [1.165, 1.54) is 0 Å². The van der Waals surface area contributed by atoms with E-state index in [2.05, 4.69) is 0 Å². The van der Waals surface area contributed by atoms with Crippen LogP contribution in [0.3, 0.4) is 0 Å². The van der Waals surface area contributed by atoms with Crippen molar-refractivity contribution in [3.63, 3.8) is 0 Å². The van der Waals surface area contributed by atoms with Crippen molar-refractivity contribution in [2.24, 2.45) is 0 Å². The van der Waals surface area contributed by atoms with E-state index in [-0.39, 0.29) is 6.61 Å². The van der Waals surface area contributed by atoms with E-state index in [0.29, 0.717) is 5.02 Å². The minimum Gasteiger partial charge on any atom is -0.490 e. The van der Waals surface area contributed by atoms with Crippen LogP contribution in [0.25, 0.3) is 10.8 Å². The molecule has 17 heavy (non-hydrogen) atoms.